The van der Waals surface area contributed by atoms with Crippen molar-refractivity contribution in [3.05, 3.63) is 60.5 Å². The summed E-state index contributed by atoms with van der Waals surface area (Å²) in [6.45, 7) is 13.8. The molecule has 2 heterocycles. The number of carbonyl (C=O) groups excluding carboxylic acids is 1. The Hall–Kier alpha value is -3.17. The second-order valence-corrected chi connectivity index (χ2v) is 10.8. The summed E-state index contributed by atoms with van der Waals surface area (Å²) in [4.78, 5) is 12.8. The topological polar surface area (TPSA) is 77.4 Å². The molecule has 0 bridgehead atoms. The average Bonchev–Trinajstić information content (AvgIpc) is 3.28. The zero-order valence-corrected chi connectivity index (χ0v) is 21.3. The molecule has 184 valence electrons. The molecule has 1 fully saturated rings. The van der Waals surface area contributed by atoms with Crippen molar-refractivity contribution in [2.24, 2.45) is 0 Å². The third-order valence-electron chi connectivity index (χ3n) is 6.46. The lowest BCUT2D eigenvalue weighted by Crippen LogP contribution is -2.41. The molecule has 35 heavy (non-hydrogen) atoms. The van der Waals surface area contributed by atoms with Crippen molar-refractivity contribution in [3.63, 3.8) is 0 Å². The SMILES string of the molecule is CC(C)(C)n1cc(NC(=O)Nc2ccc(B3OC(C)(C)C(C)(C)O3)cc2F)c(-c2ccccc2)n1. The van der Waals surface area contributed by atoms with E-state index in [2.05, 4.69) is 15.7 Å². The molecule has 1 aliphatic rings. The number of nitrogens with one attached hydrogen (secondary N) is 2. The fraction of sp³-hybridized carbons (Fsp3) is 0.385. The Morgan fingerprint density at radius 3 is 2.14 bits per heavy atom. The number of rotatable bonds is 4. The maximum absolute atomic E-state index is 14.9. The average molecular weight is 478 g/mol. The lowest BCUT2D eigenvalue weighted by molar-refractivity contribution is 0.00578. The Labute approximate surface area is 206 Å². The number of carbonyl (C=O) groups is 1. The highest BCUT2D eigenvalue weighted by molar-refractivity contribution is 6.62. The Morgan fingerprint density at radius 2 is 1.57 bits per heavy atom. The van der Waals surface area contributed by atoms with E-state index in [1.807, 2.05) is 78.8 Å². The third kappa shape index (κ3) is 5.11. The molecule has 9 heteroatoms. The Bertz CT molecular complexity index is 1220. The van der Waals surface area contributed by atoms with Crippen molar-refractivity contribution in [2.45, 2.75) is 65.2 Å². The van der Waals surface area contributed by atoms with E-state index in [1.54, 1.807) is 16.9 Å². The summed E-state index contributed by atoms with van der Waals surface area (Å²) in [6.07, 6.45) is 1.78. The molecule has 0 aliphatic carbocycles. The molecule has 0 atom stereocenters. The Balaban J connectivity index is 1.52. The predicted molar refractivity (Wildman–Crippen MR) is 137 cm³/mol. The van der Waals surface area contributed by atoms with Crippen LogP contribution < -0.4 is 16.1 Å². The highest BCUT2D eigenvalue weighted by Gasteiger charge is 2.51. The number of benzene rings is 2. The van der Waals surface area contributed by atoms with Crippen molar-refractivity contribution < 1.29 is 18.5 Å². The van der Waals surface area contributed by atoms with E-state index < -0.39 is 30.2 Å². The molecule has 2 N–H and O–H groups in total. The van der Waals surface area contributed by atoms with Gasteiger partial charge in [-0.25, -0.2) is 9.18 Å². The molecule has 4 rings (SSSR count). The second kappa shape index (κ2) is 8.80. The number of nitrogens with zero attached hydrogens (tertiary/aromatic N) is 2. The van der Waals surface area contributed by atoms with Gasteiger partial charge in [-0.15, -0.1) is 0 Å². The van der Waals surface area contributed by atoms with Crippen LogP contribution in [0.1, 0.15) is 48.5 Å². The van der Waals surface area contributed by atoms with Gasteiger partial charge in [-0.1, -0.05) is 36.4 Å². The number of urea groups is 1. The monoisotopic (exact) mass is 478 g/mol. The zero-order valence-electron chi connectivity index (χ0n) is 21.3. The van der Waals surface area contributed by atoms with E-state index in [0.29, 0.717) is 16.8 Å². The molecule has 7 nitrogen and oxygen atoms in total. The number of anilines is 2. The minimum atomic E-state index is -0.686. The molecular formula is C26H32BFN4O3. The number of aromatic nitrogens is 2. The molecule has 1 aliphatic heterocycles. The molecule has 0 saturated carbocycles. The molecule has 2 aromatic carbocycles. The number of amides is 2. The molecule has 1 saturated heterocycles. The van der Waals surface area contributed by atoms with Crippen LogP contribution in [0.5, 0.6) is 0 Å². The first kappa shape index (κ1) is 24.9. The minimum Gasteiger partial charge on any atom is -0.399 e. The van der Waals surface area contributed by atoms with Crippen LogP contribution in [0.15, 0.2) is 54.7 Å². The van der Waals surface area contributed by atoms with Gasteiger partial charge in [0.2, 0.25) is 0 Å². The van der Waals surface area contributed by atoms with Crippen molar-refractivity contribution >= 4 is 30.0 Å². The number of halogens is 1. The highest BCUT2D eigenvalue weighted by Crippen LogP contribution is 2.36. The third-order valence-corrected chi connectivity index (χ3v) is 6.46. The molecule has 3 aromatic rings. The first-order valence-corrected chi connectivity index (χ1v) is 11.7. The summed E-state index contributed by atoms with van der Waals surface area (Å²) >= 11 is 0. The zero-order chi connectivity index (χ0) is 25.6. The van der Waals surface area contributed by atoms with Gasteiger partial charge in [0.05, 0.1) is 28.1 Å². The van der Waals surface area contributed by atoms with Gasteiger partial charge >= 0.3 is 13.1 Å². The number of hydrogen-bond acceptors (Lipinski definition) is 4. The predicted octanol–water partition coefficient (Wildman–Crippen LogP) is 5.39. The fourth-order valence-corrected chi connectivity index (χ4v) is 3.65. The van der Waals surface area contributed by atoms with Gasteiger partial charge in [-0.3, -0.25) is 4.68 Å². The normalized spacial score (nSPS) is 16.9. The Morgan fingerprint density at radius 1 is 0.971 bits per heavy atom. The van der Waals surface area contributed by atoms with Gasteiger partial charge < -0.3 is 19.9 Å². The molecule has 0 radical (unpaired) electrons. The summed E-state index contributed by atoms with van der Waals surface area (Å²) in [5.74, 6) is -0.582. The summed E-state index contributed by atoms with van der Waals surface area (Å²) in [7, 11) is -0.686. The van der Waals surface area contributed by atoms with Crippen molar-refractivity contribution in [1.82, 2.24) is 9.78 Å². The lowest BCUT2D eigenvalue weighted by atomic mass is 9.79. The first-order chi connectivity index (χ1) is 16.3. The van der Waals surface area contributed by atoms with Crippen molar-refractivity contribution in [1.29, 1.82) is 0 Å². The van der Waals surface area contributed by atoms with Gasteiger partial charge in [0.25, 0.3) is 0 Å². The summed E-state index contributed by atoms with van der Waals surface area (Å²) in [5, 5.41) is 10.1. The van der Waals surface area contributed by atoms with Crippen LogP contribution >= 0.6 is 0 Å². The van der Waals surface area contributed by atoms with Crippen molar-refractivity contribution in [2.75, 3.05) is 10.6 Å². The van der Waals surface area contributed by atoms with E-state index >= 15 is 0 Å². The molecular weight excluding hydrogens is 446 g/mol. The van der Waals surface area contributed by atoms with E-state index in [1.165, 1.54) is 12.1 Å². The van der Waals surface area contributed by atoms with E-state index in [-0.39, 0.29) is 11.2 Å². The molecule has 0 spiro atoms. The minimum absolute atomic E-state index is 0.0484. The quantitative estimate of drug-likeness (QED) is 0.493. The Kier molecular flexibility index (Phi) is 6.27. The molecule has 1 aromatic heterocycles. The van der Waals surface area contributed by atoms with Crippen LogP contribution in [0.4, 0.5) is 20.6 Å². The van der Waals surface area contributed by atoms with Crippen molar-refractivity contribution in [3.8, 4) is 11.3 Å². The highest BCUT2D eigenvalue weighted by atomic mass is 19.1. The first-order valence-electron chi connectivity index (χ1n) is 11.7. The van der Waals surface area contributed by atoms with E-state index in [4.69, 9.17) is 9.31 Å². The molecule has 0 unspecified atom stereocenters. The van der Waals surface area contributed by atoms with Crippen LogP contribution in [0, 0.1) is 5.82 Å². The second-order valence-electron chi connectivity index (χ2n) is 10.8. The van der Waals surface area contributed by atoms with Crippen LogP contribution in [0.2, 0.25) is 0 Å². The summed E-state index contributed by atoms with van der Waals surface area (Å²) in [5.41, 5.74) is 1.28. The van der Waals surface area contributed by atoms with Crippen LogP contribution in [-0.4, -0.2) is 34.1 Å². The lowest BCUT2D eigenvalue weighted by Gasteiger charge is -2.32. The fourth-order valence-electron chi connectivity index (χ4n) is 3.65. The van der Waals surface area contributed by atoms with Gasteiger partial charge in [-0.05, 0) is 66.1 Å². The van der Waals surface area contributed by atoms with E-state index in [9.17, 15) is 9.18 Å². The van der Waals surface area contributed by atoms with E-state index in [0.717, 1.165) is 5.56 Å². The van der Waals surface area contributed by atoms with Crippen LogP contribution in [0.3, 0.4) is 0 Å². The molecule has 2 amide bonds. The van der Waals surface area contributed by atoms with Crippen LogP contribution in [0.25, 0.3) is 11.3 Å². The van der Waals surface area contributed by atoms with Gasteiger partial charge in [0, 0.05) is 11.8 Å². The summed E-state index contributed by atoms with van der Waals surface area (Å²) in [6, 6.07) is 13.5. The maximum atomic E-state index is 14.9. The maximum Gasteiger partial charge on any atom is 0.494 e. The van der Waals surface area contributed by atoms with Gasteiger partial charge in [0.15, 0.2) is 0 Å². The van der Waals surface area contributed by atoms with Crippen LogP contribution in [-0.2, 0) is 14.8 Å². The summed E-state index contributed by atoms with van der Waals surface area (Å²) < 4.78 is 28.7. The van der Waals surface area contributed by atoms with Gasteiger partial charge in [-0.2, -0.15) is 5.10 Å². The standard InChI is InChI=1S/C26H32BFN4O3/c1-24(2,3)32-16-21(22(31-32)17-11-9-8-10-12-17)30-23(33)29-20-14-13-18(15-19(20)28)27-34-25(4,5)26(6,7)35-27/h8-16H,1-7H3,(H2,29,30,33). The number of hydrogen-bond donors (Lipinski definition) is 2. The van der Waals surface area contributed by atoms with Gasteiger partial charge in [0.1, 0.15) is 11.5 Å². The smallest absolute Gasteiger partial charge is 0.399 e. The largest absolute Gasteiger partial charge is 0.494 e.